The minimum Gasteiger partial charge on any atom is -0.460 e. The molecule has 0 atom stereocenters. The Morgan fingerprint density at radius 3 is 0.675 bits per heavy atom. The van der Waals surface area contributed by atoms with Gasteiger partial charge in [0.25, 0.3) is 0 Å². The van der Waals surface area contributed by atoms with E-state index in [-0.39, 0.29) is 13.2 Å². The van der Waals surface area contributed by atoms with Gasteiger partial charge in [-0.2, -0.15) is 0 Å². The zero-order valence-electron chi connectivity index (χ0n) is 64.6. The number of nitrogens with zero attached hydrogens (tertiary/aromatic N) is 3. The van der Waals surface area contributed by atoms with Gasteiger partial charge in [-0.3, -0.25) is 0 Å². The van der Waals surface area contributed by atoms with Crippen LogP contribution in [0, 0.1) is 0 Å². The van der Waals surface area contributed by atoms with Gasteiger partial charge < -0.3 is 33.5 Å². The van der Waals surface area contributed by atoms with Gasteiger partial charge in [0.05, 0.1) is 79.0 Å². The van der Waals surface area contributed by atoms with Gasteiger partial charge in [0.15, 0.2) is 0 Å². The summed E-state index contributed by atoms with van der Waals surface area (Å²) in [6.07, 6.45) is 8.45. The summed E-state index contributed by atoms with van der Waals surface area (Å²) in [5.41, 5.74) is 18.2. The Morgan fingerprint density at radius 1 is 0.228 bits per heavy atom. The molecule has 38 aromatic rings. The van der Waals surface area contributed by atoms with Crippen LogP contribution in [0.25, 0.3) is 414 Å². The van der Waals surface area contributed by atoms with Crippen LogP contribution in [0.3, 0.4) is 0 Å². The summed E-state index contributed by atoms with van der Waals surface area (Å²) in [6, 6.07) is 47.6. The van der Waals surface area contributed by atoms with E-state index in [9.17, 15) is 4.79 Å². The minimum atomic E-state index is -0.419. The molecular formula is C113H45N5O5. The van der Waals surface area contributed by atoms with Gasteiger partial charge in [0.2, 0.25) is 0 Å². The van der Waals surface area contributed by atoms with Gasteiger partial charge in [-0.25, -0.2) is 14.8 Å². The Kier molecular flexibility index (Phi) is 7.92. The molecule has 0 aliphatic carbocycles. The standard InChI is InChI=1S/C113H45N5O5/c119-113(40-18-16-39(17-19-40)52-47-26-24-45(116-47)50(37-12-6-2-7-13-37)43-22-20-41(114-43)49(36-10-4-1-5-11-36)42-21-23-44(115-42)51(38-14-8-3-9-15-38)46-25-27-48(52)117-46)123-35-34-122-33-32-121-31-30-120-29-28-118-111-107-100-93-81-73-64-55-53-54-56-59(55)68-75(73)83-84-76(68)74-65(56)67-63-58(54)61-60-57(53)62-66(64)79(81)87-85-71(62)69(60)77-78-70(61)72(63)86-88-80(67)82(74)94-96(84)105(104(107)95(83)93)108-101(94)99(88)103-92(86)90(78)97-89(77)91(85)102(98(87)100)109(111)106(97)110(103)112(108)118/h1-27,114,117H,28-35H2. The highest BCUT2D eigenvalue weighted by molar-refractivity contribution is 6.84. The Bertz CT molecular complexity index is 10700. The zero-order valence-corrected chi connectivity index (χ0v) is 64.6. The molecule has 40 rings (SSSR count). The fourth-order valence-electron chi connectivity index (χ4n) is 30.8. The highest BCUT2D eigenvalue weighted by Crippen LogP contribution is 2.80. The Labute approximate surface area is 684 Å². The van der Waals surface area contributed by atoms with Crippen molar-refractivity contribution >= 4 is 376 Å². The number of hydrogen-bond donors (Lipinski definition) is 2. The Morgan fingerprint density at radius 2 is 0.431 bits per heavy atom. The molecule has 2 N–H and O–H groups in total. The average molecular weight is 1550 g/mol. The Hall–Kier alpha value is -15.2. The average Bonchev–Trinajstić information content (AvgIpc) is 1.39. The van der Waals surface area contributed by atoms with Crippen LogP contribution in [0.15, 0.2) is 140 Å². The van der Waals surface area contributed by atoms with Gasteiger partial charge in [-0.1, -0.05) is 103 Å². The number of ether oxygens (including phenoxy) is 4. The highest BCUT2D eigenvalue weighted by atomic mass is 16.6. The molecule has 0 saturated heterocycles. The van der Waals surface area contributed by atoms with Crippen molar-refractivity contribution in [2.45, 2.75) is 6.54 Å². The first-order valence-corrected chi connectivity index (χ1v) is 43.8. The molecule has 0 spiro atoms. The Balaban J connectivity index is 0.410. The van der Waals surface area contributed by atoms with E-state index in [4.69, 9.17) is 28.9 Å². The molecule has 0 fully saturated rings. The summed E-state index contributed by atoms with van der Waals surface area (Å²) in [4.78, 5) is 32.6. The molecule has 10 heteroatoms. The lowest BCUT2D eigenvalue weighted by Gasteiger charge is -2.24. The first-order valence-electron chi connectivity index (χ1n) is 43.8. The molecule has 123 heavy (non-hydrogen) atoms. The van der Waals surface area contributed by atoms with Gasteiger partial charge >= 0.3 is 5.97 Å². The van der Waals surface area contributed by atoms with E-state index < -0.39 is 5.97 Å². The van der Waals surface area contributed by atoms with Crippen molar-refractivity contribution in [2.75, 3.05) is 46.2 Å². The SMILES string of the molecule is O=C(OCCOCCOCCOCCn1c2c3c4c5c6c7c8c9c%10c%11c%12c9c9c7c7c%13c9c9c%12c%12c%14c%11c%11c%15c%10c%10c8c6c6c8c%10c%15c%10c%15c%11c%14c%11c%14c%12c9c9c%13c(c3c75)c3c9c%14c5c%11c%15c7c%10c8c(c64)c2c7c5c31)c1ccc(-c2c3nc(c(-c4ccccc4)c4ccc([nH]4)c(-c4ccccc4)c4nc(c(-c5ccccc5)c5ccc2[nH]5)C=C4)C=C3)cc1. The minimum absolute atomic E-state index is 0.101. The molecule has 0 saturated carbocycles. The first kappa shape index (κ1) is 57.1. The molecule has 552 valence electrons. The summed E-state index contributed by atoms with van der Waals surface area (Å²) in [5.74, 6) is -0.419. The predicted molar refractivity (Wildman–Crippen MR) is 511 cm³/mol. The molecule has 34 aromatic carbocycles. The maximum atomic E-state index is 14.0. The third kappa shape index (κ3) is 4.97. The summed E-state index contributed by atoms with van der Waals surface area (Å²) in [7, 11) is 0. The normalized spacial score (nSPS) is 15.0. The molecule has 8 bridgehead atoms. The van der Waals surface area contributed by atoms with E-state index in [0.29, 0.717) is 38.6 Å². The fourth-order valence-corrected chi connectivity index (χ4v) is 30.8. The summed E-state index contributed by atoms with van der Waals surface area (Å²) in [6.45, 7) is 3.26. The molecular weight excluding hydrogens is 1510 g/mol. The second-order valence-electron chi connectivity index (χ2n) is 37.7. The number of fused-ring (bicyclic) bond motifs is 13. The van der Waals surface area contributed by atoms with E-state index in [1.807, 2.05) is 42.5 Å². The van der Waals surface area contributed by atoms with Crippen molar-refractivity contribution in [3.05, 3.63) is 168 Å². The number of esters is 1. The molecule has 0 amide bonds. The van der Waals surface area contributed by atoms with E-state index >= 15 is 0 Å². The molecule has 2 aliphatic heterocycles. The second kappa shape index (κ2) is 17.1. The van der Waals surface area contributed by atoms with E-state index in [2.05, 4.69) is 136 Å². The third-order valence-electron chi connectivity index (χ3n) is 33.8. The maximum absolute atomic E-state index is 14.0. The van der Waals surface area contributed by atoms with Crippen molar-refractivity contribution in [1.82, 2.24) is 24.5 Å². The van der Waals surface area contributed by atoms with Crippen LogP contribution in [-0.2, 0) is 25.5 Å². The van der Waals surface area contributed by atoms with E-state index in [0.717, 1.165) is 95.9 Å². The van der Waals surface area contributed by atoms with Crippen molar-refractivity contribution in [3.8, 4) is 44.5 Å². The number of aromatic nitrogens is 5. The summed E-state index contributed by atoms with van der Waals surface area (Å²) in [5, 5.41) is 92.1. The van der Waals surface area contributed by atoms with Crippen LogP contribution in [0.2, 0.25) is 0 Å². The van der Waals surface area contributed by atoms with Crippen molar-refractivity contribution < 1.29 is 23.7 Å². The van der Waals surface area contributed by atoms with E-state index in [1.165, 1.54) is 32.6 Å². The fraction of sp³-hybridized carbons (Fsp3) is 0.0708. The molecule has 4 aromatic heterocycles. The molecule has 0 radical (unpaired) electrons. The number of carbonyl (C=O) groups excluding carboxylic acids is 1. The van der Waals surface area contributed by atoms with Crippen molar-refractivity contribution in [1.29, 1.82) is 0 Å². The van der Waals surface area contributed by atoms with Gasteiger partial charge in [-0.05, 0) is 83.0 Å². The van der Waals surface area contributed by atoms with Crippen LogP contribution in [-0.4, -0.2) is 76.7 Å². The van der Waals surface area contributed by atoms with Crippen LogP contribution >= 0.6 is 0 Å². The summed E-state index contributed by atoms with van der Waals surface area (Å²) < 4.78 is 28.2. The van der Waals surface area contributed by atoms with E-state index in [1.54, 1.807) is 291 Å². The number of benzene rings is 23. The number of hydrogen-bond acceptors (Lipinski definition) is 7. The van der Waals surface area contributed by atoms with Crippen LogP contribution in [0.1, 0.15) is 33.1 Å². The van der Waals surface area contributed by atoms with Gasteiger partial charge in [0, 0.05) is 363 Å². The smallest absolute Gasteiger partial charge is 0.338 e. The lowest BCUT2D eigenvalue weighted by molar-refractivity contribution is -0.0000594. The second-order valence-corrected chi connectivity index (χ2v) is 37.7. The molecule has 10 nitrogen and oxygen atoms in total. The van der Waals surface area contributed by atoms with Crippen molar-refractivity contribution in [2.24, 2.45) is 0 Å². The monoisotopic (exact) mass is 1550 g/mol. The summed E-state index contributed by atoms with van der Waals surface area (Å²) >= 11 is 0. The van der Waals surface area contributed by atoms with Crippen molar-refractivity contribution in [3.63, 3.8) is 0 Å². The first-order chi connectivity index (χ1) is 61.2. The highest BCUT2D eigenvalue weighted by Gasteiger charge is 2.51. The zero-order chi connectivity index (χ0) is 77.0. The number of nitrogens with one attached hydrogen (secondary N) is 2. The molecule has 2 aliphatic rings. The predicted octanol–water partition coefficient (Wildman–Crippen LogP) is 28.6. The molecule has 0 unspecified atom stereocenters. The van der Waals surface area contributed by atoms with Crippen LogP contribution in [0.4, 0.5) is 0 Å². The van der Waals surface area contributed by atoms with Crippen LogP contribution in [0.5, 0.6) is 0 Å². The molecule has 6 heterocycles. The topological polar surface area (TPSA) is 116 Å². The largest absolute Gasteiger partial charge is 0.460 e. The maximum Gasteiger partial charge on any atom is 0.338 e. The lowest BCUT2D eigenvalue weighted by Crippen LogP contribution is -2.15. The number of aromatic amines is 2. The third-order valence-corrected chi connectivity index (χ3v) is 33.8. The number of carbonyl (C=O) groups is 1. The number of H-pyrrole nitrogens is 2. The number of pyridine rings is 1. The number of rotatable bonds is 17. The lowest BCUT2D eigenvalue weighted by atomic mass is 9.84. The van der Waals surface area contributed by atoms with Crippen LogP contribution < -0.4 is 0 Å². The van der Waals surface area contributed by atoms with Gasteiger partial charge in [-0.15, -0.1) is 0 Å². The van der Waals surface area contributed by atoms with Gasteiger partial charge in [0.1, 0.15) is 6.61 Å². The quantitative estimate of drug-likeness (QED) is 0.0404.